The molecule has 2 aliphatic carbocycles. The van der Waals surface area contributed by atoms with E-state index in [0.717, 1.165) is 60.8 Å². The summed E-state index contributed by atoms with van der Waals surface area (Å²) in [4.78, 5) is 0. The van der Waals surface area contributed by atoms with Gasteiger partial charge in [0, 0.05) is 22.3 Å². The van der Waals surface area contributed by atoms with E-state index >= 15 is 0 Å². The fourth-order valence-electron chi connectivity index (χ4n) is 8.23. The molecule has 6 rings (SSSR count). The van der Waals surface area contributed by atoms with Gasteiger partial charge in [-0.2, -0.15) is 0 Å². The van der Waals surface area contributed by atoms with Crippen molar-refractivity contribution in [2.75, 3.05) is 0 Å². The van der Waals surface area contributed by atoms with Gasteiger partial charge in [-0.3, -0.25) is 0 Å². The van der Waals surface area contributed by atoms with Crippen LogP contribution in [0.15, 0.2) is 64.2 Å². The minimum atomic E-state index is -0.553. The second-order valence-electron chi connectivity index (χ2n) is 19.0. The predicted octanol–water partition coefficient (Wildman–Crippen LogP) is 13.7. The van der Waals surface area contributed by atoms with Gasteiger partial charge in [0.05, 0.1) is 0 Å². The molecule has 2 N–H and O–H groups in total. The molecule has 0 bridgehead atoms. The van der Waals surface area contributed by atoms with Gasteiger partial charge in [0.1, 0.15) is 11.5 Å². The van der Waals surface area contributed by atoms with Crippen LogP contribution in [-0.2, 0) is 59.8 Å². The zero-order chi connectivity index (χ0) is 39.6. The standard InChI is InChI=1S/C28H38O2.C12H17N.C10H12.Mo/c1-27(2,3)21-15-17-11-7-9-13-19(17)23(25(21)29)24-20-14-10-8-12-18(20)16-22(26(24)30)28(4,5)6;1-8(2)10-6-5-7-11(9(3)4)12(10)13;1-10(2,3)9-7-5-4-6-8-9;/h15-16,29-30H,7-14H2,1-6H3;5-9H,1-4H3;1,4-8H,2-3H3;. The number of benzene rings is 4. The third kappa shape index (κ3) is 9.26. The fraction of sp³-hybridized carbons (Fsp3) is 0.500. The van der Waals surface area contributed by atoms with Crippen LogP contribution in [0.3, 0.4) is 0 Å². The van der Waals surface area contributed by atoms with E-state index in [1.807, 2.05) is 0 Å². The molecule has 0 saturated carbocycles. The van der Waals surface area contributed by atoms with E-state index in [1.54, 1.807) is 0 Å². The third-order valence-electron chi connectivity index (χ3n) is 11.5. The first-order valence-corrected chi connectivity index (χ1v) is 22.5. The van der Waals surface area contributed by atoms with Gasteiger partial charge in [0.25, 0.3) is 0 Å². The van der Waals surface area contributed by atoms with Crippen molar-refractivity contribution in [3.05, 3.63) is 111 Å². The molecule has 0 amide bonds. The number of hydrogen-bond donors (Lipinski definition) is 2. The van der Waals surface area contributed by atoms with Crippen LogP contribution >= 0.6 is 0 Å². The Balaban J connectivity index is 0.000000213. The molecule has 3 nitrogen and oxygen atoms in total. The van der Waals surface area contributed by atoms with Crippen LogP contribution < -0.4 is 0 Å². The number of aryl methyl sites for hydroxylation is 2. The number of phenols is 2. The van der Waals surface area contributed by atoms with Gasteiger partial charge in [0.2, 0.25) is 0 Å². The summed E-state index contributed by atoms with van der Waals surface area (Å²) in [5, 5.41) is 23.3. The van der Waals surface area contributed by atoms with Crippen molar-refractivity contribution in [1.82, 2.24) is 0 Å². The molecule has 4 aromatic rings. The first-order chi connectivity index (χ1) is 25.3. The summed E-state index contributed by atoms with van der Waals surface area (Å²) in [7, 11) is 0. The molecule has 4 heteroatoms. The fourth-order valence-corrected chi connectivity index (χ4v) is 10.1. The summed E-state index contributed by atoms with van der Waals surface area (Å²) < 4.78 is 7.59. The Morgan fingerprint density at radius 1 is 0.593 bits per heavy atom. The molecule has 0 aromatic heterocycles. The van der Waals surface area contributed by atoms with Crippen molar-refractivity contribution < 1.29 is 28.1 Å². The van der Waals surface area contributed by atoms with Crippen LogP contribution in [0.2, 0.25) is 0 Å². The molecule has 0 radical (unpaired) electrons. The van der Waals surface area contributed by atoms with E-state index in [-0.39, 0.29) is 16.2 Å². The third-order valence-corrected chi connectivity index (χ3v) is 13.9. The average Bonchev–Trinajstić information content (AvgIpc) is 3.11. The second kappa shape index (κ2) is 16.9. The van der Waals surface area contributed by atoms with Gasteiger partial charge in [0.15, 0.2) is 0 Å². The second-order valence-corrected chi connectivity index (χ2v) is 20.5. The first-order valence-electron chi connectivity index (χ1n) is 20.5. The number of aromatic hydroxyl groups is 2. The maximum atomic E-state index is 11.6. The van der Waals surface area contributed by atoms with Crippen LogP contribution in [0.5, 0.6) is 11.5 Å². The Morgan fingerprint density at radius 2 is 1.02 bits per heavy atom. The number of fused-ring (bicyclic) bond motifs is 2. The molecule has 4 aromatic carbocycles. The van der Waals surface area contributed by atoms with Crippen LogP contribution in [0.1, 0.15) is 171 Å². The topological polar surface area (TPSA) is 52.8 Å². The van der Waals surface area contributed by atoms with Crippen molar-refractivity contribution in [3.8, 4) is 22.6 Å². The van der Waals surface area contributed by atoms with Crippen LogP contribution in [0, 0.1) is 0 Å². The van der Waals surface area contributed by atoms with E-state index in [2.05, 4.69) is 148 Å². The van der Waals surface area contributed by atoms with Crippen molar-refractivity contribution >= 4 is 10.1 Å². The summed E-state index contributed by atoms with van der Waals surface area (Å²) in [5.41, 5.74) is 14.3. The molecule has 0 spiro atoms. The zero-order valence-corrected chi connectivity index (χ0v) is 37.4. The molecule has 0 atom stereocenters. The van der Waals surface area contributed by atoms with Crippen LogP contribution in [0.25, 0.3) is 11.1 Å². The Kier molecular flexibility index (Phi) is 13.2. The molecule has 0 heterocycles. The molecule has 290 valence electrons. The van der Waals surface area contributed by atoms with Gasteiger partial charge >= 0.3 is 156 Å². The monoisotopic (exact) mass is 811 g/mol. The van der Waals surface area contributed by atoms with Crippen LogP contribution in [-0.4, -0.2) is 14.6 Å². The maximum absolute atomic E-state index is 11.6. The number of phenolic OH excluding ortho intramolecular Hbond substituents is 2. The Labute approximate surface area is 336 Å². The molecule has 2 aliphatic rings. The van der Waals surface area contributed by atoms with Gasteiger partial charge in [-0.05, 0) is 84.5 Å². The first kappa shape index (κ1) is 42.0. The normalized spacial score (nSPS) is 14.6. The molecular formula is C50H67MoNO2. The van der Waals surface area contributed by atoms with Gasteiger partial charge in [-0.25, -0.2) is 0 Å². The van der Waals surface area contributed by atoms with Crippen molar-refractivity contribution in [2.24, 2.45) is 3.50 Å². The van der Waals surface area contributed by atoms with Gasteiger partial charge in [-0.1, -0.05) is 53.7 Å². The zero-order valence-electron chi connectivity index (χ0n) is 35.4. The Bertz CT molecular complexity index is 1910. The van der Waals surface area contributed by atoms with Gasteiger partial charge in [-0.15, -0.1) is 0 Å². The average molecular weight is 810 g/mol. The summed E-state index contributed by atoms with van der Waals surface area (Å²) in [5.74, 6) is 1.80. The number of hydrogen-bond acceptors (Lipinski definition) is 3. The molecule has 0 saturated heterocycles. The van der Waals surface area contributed by atoms with Crippen molar-refractivity contribution in [2.45, 2.75) is 163 Å². The van der Waals surface area contributed by atoms with E-state index in [0.29, 0.717) is 23.3 Å². The Morgan fingerprint density at radius 3 is 1.43 bits per heavy atom. The van der Waals surface area contributed by atoms with Crippen molar-refractivity contribution in [3.63, 3.8) is 0 Å². The van der Waals surface area contributed by atoms with E-state index in [4.69, 9.17) is 3.50 Å². The summed E-state index contributed by atoms with van der Waals surface area (Å²) in [6.07, 6.45) is 8.79. The molecule has 0 fully saturated rings. The van der Waals surface area contributed by atoms with Crippen molar-refractivity contribution in [1.29, 1.82) is 0 Å². The minimum absolute atomic E-state index is 0.0811. The van der Waals surface area contributed by atoms with Gasteiger partial charge < -0.3 is 10.2 Å². The number of nitrogens with zero attached hydrogens (tertiary/aromatic N) is 1. The molecular weight excluding hydrogens is 742 g/mol. The summed E-state index contributed by atoms with van der Waals surface area (Å²) in [6, 6.07) is 21.9. The number of rotatable bonds is 6. The summed E-state index contributed by atoms with van der Waals surface area (Å²) in [6.45, 7) is 26.6. The predicted molar refractivity (Wildman–Crippen MR) is 228 cm³/mol. The van der Waals surface area contributed by atoms with E-state index in [1.165, 1.54) is 57.5 Å². The Hall–Kier alpha value is -3.16. The van der Waals surface area contributed by atoms with E-state index in [9.17, 15) is 10.2 Å². The summed E-state index contributed by atoms with van der Waals surface area (Å²) >= 11 is -0.553. The quantitative estimate of drug-likeness (QED) is 0.191. The molecule has 0 aliphatic heterocycles. The van der Waals surface area contributed by atoms with Crippen LogP contribution in [0.4, 0.5) is 5.69 Å². The SMILES string of the molecule is CC(C)(C)c1cc2c(c(-c3c(O)c(C(C)(C)C)cc4c3CCCC4)c1O)CCCC2.CC(C)c1cccc(C(C)C)c1[N]=[Mo]=[CH]C(C)(C)c1ccccc1. The molecule has 54 heavy (non-hydrogen) atoms. The molecule has 0 unspecified atom stereocenters. The van der Waals surface area contributed by atoms with E-state index < -0.39 is 17.9 Å².